The van der Waals surface area contributed by atoms with Crippen molar-refractivity contribution < 1.29 is 9.59 Å². The number of carbonyl (C=O) groups is 2. The summed E-state index contributed by atoms with van der Waals surface area (Å²) >= 11 is 0. The van der Waals surface area contributed by atoms with Crippen LogP contribution in [0, 0.1) is 5.92 Å². The number of hydrogen-bond acceptors (Lipinski definition) is 2. The van der Waals surface area contributed by atoms with Crippen LogP contribution in [0.15, 0.2) is 30.0 Å². The summed E-state index contributed by atoms with van der Waals surface area (Å²) < 4.78 is 0. The third kappa shape index (κ3) is 2.09. The molecule has 0 radical (unpaired) electrons. The van der Waals surface area contributed by atoms with Crippen molar-refractivity contribution in [3.05, 3.63) is 41.1 Å². The maximum Gasteiger partial charge on any atom is 0.224 e. The van der Waals surface area contributed by atoms with Gasteiger partial charge < -0.3 is 5.32 Å². The minimum Gasteiger partial charge on any atom is -0.323 e. The highest BCUT2D eigenvalue weighted by Gasteiger charge is 2.38. The van der Waals surface area contributed by atoms with Gasteiger partial charge in [0.15, 0.2) is 0 Å². The van der Waals surface area contributed by atoms with Crippen molar-refractivity contribution >= 4 is 17.3 Å². The molecular weight excluding hydrogens is 238 g/mol. The van der Waals surface area contributed by atoms with E-state index in [0.717, 1.165) is 36.0 Å². The van der Waals surface area contributed by atoms with E-state index in [1.807, 2.05) is 31.2 Å². The van der Waals surface area contributed by atoms with Crippen molar-refractivity contribution in [2.75, 3.05) is 0 Å². The average Bonchev–Trinajstić information content (AvgIpc) is 3.19. The zero-order valence-electron chi connectivity index (χ0n) is 11.0. The van der Waals surface area contributed by atoms with E-state index in [2.05, 4.69) is 5.32 Å². The first-order chi connectivity index (χ1) is 9.22. The van der Waals surface area contributed by atoms with E-state index in [1.165, 1.54) is 0 Å². The van der Waals surface area contributed by atoms with Gasteiger partial charge in [-0.1, -0.05) is 31.2 Å². The lowest BCUT2D eigenvalue weighted by Gasteiger charge is -2.07. The highest BCUT2D eigenvalue weighted by Crippen LogP contribution is 2.47. The van der Waals surface area contributed by atoms with Crippen molar-refractivity contribution in [2.45, 2.75) is 32.6 Å². The van der Waals surface area contributed by atoms with Gasteiger partial charge in [0.25, 0.3) is 0 Å². The van der Waals surface area contributed by atoms with E-state index >= 15 is 0 Å². The predicted molar refractivity (Wildman–Crippen MR) is 73.5 cm³/mol. The quantitative estimate of drug-likeness (QED) is 0.899. The Morgan fingerprint density at radius 1 is 1.26 bits per heavy atom. The van der Waals surface area contributed by atoms with E-state index in [0.29, 0.717) is 18.0 Å². The number of amides is 1. The first kappa shape index (κ1) is 12.2. The van der Waals surface area contributed by atoms with E-state index in [4.69, 9.17) is 0 Å². The van der Waals surface area contributed by atoms with Crippen LogP contribution in [0.2, 0.25) is 0 Å². The molecule has 0 saturated heterocycles. The van der Waals surface area contributed by atoms with Crippen LogP contribution in [0.5, 0.6) is 0 Å². The summed E-state index contributed by atoms with van der Waals surface area (Å²) in [5.74, 6) is 0.364. The van der Waals surface area contributed by atoms with Crippen LogP contribution >= 0.6 is 0 Å². The largest absolute Gasteiger partial charge is 0.323 e. The van der Waals surface area contributed by atoms with Crippen molar-refractivity contribution in [2.24, 2.45) is 5.92 Å². The summed E-state index contributed by atoms with van der Waals surface area (Å²) in [6, 6.07) is 7.66. The molecule has 3 rings (SSSR count). The summed E-state index contributed by atoms with van der Waals surface area (Å²) in [5, 5.41) is 2.84. The molecule has 3 heteroatoms. The molecule has 1 amide bonds. The van der Waals surface area contributed by atoms with Crippen LogP contribution in [-0.4, -0.2) is 11.7 Å². The zero-order valence-corrected chi connectivity index (χ0v) is 11.0. The molecule has 1 aromatic rings. The van der Waals surface area contributed by atoms with Gasteiger partial charge in [-0.15, -0.1) is 0 Å². The molecule has 1 fully saturated rings. The van der Waals surface area contributed by atoms with Crippen LogP contribution in [0.3, 0.4) is 0 Å². The predicted octanol–water partition coefficient (Wildman–Crippen LogP) is 2.92. The third-order valence-corrected chi connectivity index (χ3v) is 3.69. The van der Waals surface area contributed by atoms with Gasteiger partial charge in [0, 0.05) is 12.0 Å². The molecule has 0 aliphatic heterocycles. The summed E-state index contributed by atoms with van der Waals surface area (Å²) in [6.07, 6.45) is 3.48. The highest BCUT2D eigenvalue weighted by atomic mass is 16.2. The van der Waals surface area contributed by atoms with E-state index in [-0.39, 0.29) is 11.7 Å². The standard InChI is InChI=1S/C16H17NO2/c1-2-5-13(18)17-15-14(10-8-9-10)11-6-3-4-7-12(11)16(15)19/h3-4,6-7,10H,2,5,8-9H2,1H3,(H,17,18,19). The fourth-order valence-electron chi connectivity index (χ4n) is 2.66. The molecule has 0 bridgehead atoms. The van der Waals surface area contributed by atoms with Crippen molar-refractivity contribution in [1.29, 1.82) is 0 Å². The highest BCUT2D eigenvalue weighted by molar-refractivity contribution is 6.22. The normalized spacial score (nSPS) is 17.6. The van der Waals surface area contributed by atoms with Crippen LogP contribution < -0.4 is 5.32 Å². The molecule has 19 heavy (non-hydrogen) atoms. The van der Waals surface area contributed by atoms with E-state index < -0.39 is 0 Å². The van der Waals surface area contributed by atoms with Gasteiger partial charge in [0.2, 0.25) is 11.7 Å². The molecule has 2 aliphatic rings. The second kappa shape index (κ2) is 4.65. The molecule has 0 atom stereocenters. The summed E-state index contributed by atoms with van der Waals surface area (Å²) in [5.41, 5.74) is 3.34. The molecule has 1 aromatic carbocycles. The van der Waals surface area contributed by atoms with E-state index in [9.17, 15) is 9.59 Å². The molecule has 0 unspecified atom stereocenters. The van der Waals surface area contributed by atoms with Gasteiger partial charge in [0.1, 0.15) is 0 Å². The Balaban J connectivity index is 1.98. The number of fused-ring (bicyclic) bond motifs is 1. The first-order valence-electron chi connectivity index (χ1n) is 6.90. The topological polar surface area (TPSA) is 46.2 Å². The van der Waals surface area contributed by atoms with Crippen LogP contribution in [0.4, 0.5) is 0 Å². The molecule has 0 spiro atoms. The van der Waals surface area contributed by atoms with Gasteiger partial charge in [-0.05, 0) is 36.3 Å². The number of benzene rings is 1. The minimum atomic E-state index is -0.0585. The lowest BCUT2D eigenvalue weighted by molar-refractivity contribution is -0.120. The Hall–Kier alpha value is -1.90. The fourth-order valence-corrected chi connectivity index (χ4v) is 2.66. The van der Waals surface area contributed by atoms with Crippen LogP contribution in [0.25, 0.3) is 5.57 Å². The Morgan fingerprint density at radius 2 is 1.95 bits per heavy atom. The number of allylic oxidation sites excluding steroid dienone is 2. The van der Waals surface area contributed by atoms with Gasteiger partial charge in [-0.25, -0.2) is 0 Å². The van der Waals surface area contributed by atoms with Gasteiger partial charge >= 0.3 is 0 Å². The summed E-state index contributed by atoms with van der Waals surface area (Å²) in [4.78, 5) is 24.2. The molecule has 1 N–H and O–H groups in total. The Bertz CT molecular complexity index is 582. The SMILES string of the molecule is CCCC(=O)NC1=C(C2CC2)c2ccccc2C1=O. The third-order valence-electron chi connectivity index (χ3n) is 3.69. The van der Waals surface area contributed by atoms with Gasteiger partial charge in [0.05, 0.1) is 5.70 Å². The van der Waals surface area contributed by atoms with Crippen molar-refractivity contribution in [3.63, 3.8) is 0 Å². The maximum atomic E-state index is 12.4. The Kier molecular flexibility index (Phi) is 2.97. The Labute approximate surface area is 112 Å². The molecule has 0 aromatic heterocycles. The zero-order chi connectivity index (χ0) is 13.4. The van der Waals surface area contributed by atoms with Crippen LogP contribution in [0.1, 0.15) is 48.5 Å². The van der Waals surface area contributed by atoms with Crippen molar-refractivity contribution in [1.82, 2.24) is 5.32 Å². The molecule has 0 heterocycles. The van der Waals surface area contributed by atoms with Crippen LogP contribution in [-0.2, 0) is 4.79 Å². The molecule has 3 nitrogen and oxygen atoms in total. The Morgan fingerprint density at radius 3 is 2.58 bits per heavy atom. The minimum absolute atomic E-state index is 0.0260. The number of ketones is 1. The number of nitrogens with one attached hydrogen (secondary N) is 1. The lowest BCUT2D eigenvalue weighted by Crippen LogP contribution is -2.26. The van der Waals surface area contributed by atoms with Crippen molar-refractivity contribution in [3.8, 4) is 0 Å². The lowest BCUT2D eigenvalue weighted by atomic mass is 10.0. The van der Waals surface area contributed by atoms with Gasteiger partial charge in [-0.3, -0.25) is 9.59 Å². The summed E-state index contributed by atoms with van der Waals surface area (Å²) in [7, 11) is 0. The molecule has 2 aliphatic carbocycles. The second-order valence-electron chi connectivity index (χ2n) is 5.24. The summed E-state index contributed by atoms with van der Waals surface area (Å²) in [6.45, 7) is 1.96. The first-order valence-corrected chi connectivity index (χ1v) is 6.90. The number of Topliss-reactive ketones (excluding diaryl/α,β-unsaturated/α-hetero) is 1. The van der Waals surface area contributed by atoms with Gasteiger partial charge in [-0.2, -0.15) is 0 Å². The second-order valence-corrected chi connectivity index (χ2v) is 5.24. The molecular formula is C16H17NO2. The molecule has 1 saturated carbocycles. The molecule has 98 valence electrons. The average molecular weight is 255 g/mol. The van der Waals surface area contributed by atoms with E-state index in [1.54, 1.807) is 0 Å². The number of carbonyl (C=O) groups excluding carboxylic acids is 2. The maximum absolute atomic E-state index is 12.4. The fraction of sp³-hybridized carbons (Fsp3) is 0.375. The number of hydrogen-bond donors (Lipinski definition) is 1. The smallest absolute Gasteiger partial charge is 0.224 e. The number of rotatable bonds is 4. The monoisotopic (exact) mass is 255 g/mol.